The maximum absolute atomic E-state index is 12.1. The van der Waals surface area contributed by atoms with Crippen LogP contribution in [0.3, 0.4) is 0 Å². The maximum Gasteiger partial charge on any atom is 0.224 e. The molecule has 7 heteroatoms. The summed E-state index contributed by atoms with van der Waals surface area (Å²) in [6.07, 6.45) is 2.71. The second kappa shape index (κ2) is 6.45. The van der Waals surface area contributed by atoms with E-state index >= 15 is 0 Å². The molecule has 7 nitrogen and oxygen atoms in total. The highest BCUT2D eigenvalue weighted by molar-refractivity contribution is 5.91. The second-order valence-electron chi connectivity index (χ2n) is 5.26. The Morgan fingerprint density at radius 1 is 1.33 bits per heavy atom. The van der Waals surface area contributed by atoms with Crippen molar-refractivity contribution in [3.63, 3.8) is 0 Å². The number of rotatable bonds is 4. The van der Waals surface area contributed by atoms with E-state index in [0.717, 1.165) is 37.2 Å². The lowest BCUT2D eigenvalue weighted by Crippen LogP contribution is -2.30. The number of hydrogen-bond donors (Lipinski definition) is 3. The lowest BCUT2D eigenvalue weighted by molar-refractivity contribution is -0.117. The molecule has 1 saturated heterocycles. The molecule has 1 aliphatic rings. The Kier molecular flexibility index (Phi) is 4.20. The average molecular weight is 286 g/mol. The number of piperidine rings is 1. The smallest absolute Gasteiger partial charge is 0.224 e. The van der Waals surface area contributed by atoms with Crippen LogP contribution in [0.25, 0.3) is 11.4 Å². The van der Waals surface area contributed by atoms with Gasteiger partial charge in [0.15, 0.2) is 0 Å². The van der Waals surface area contributed by atoms with Crippen molar-refractivity contribution in [2.75, 3.05) is 18.4 Å². The number of tetrazole rings is 1. The van der Waals surface area contributed by atoms with E-state index in [4.69, 9.17) is 0 Å². The summed E-state index contributed by atoms with van der Waals surface area (Å²) in [7, 11) is 0. The molecule has 21 heavy (non-hydrogen) atoms. The van der Waals surface area contributed by atoms with Gasteiger partial charge in [0.05, 0.1) is 0 Å². The van der Waals surface area contributed by atoms with Crippen molar-refractivity contribution in [3.05, 3.63) is 24.3 Å². The Labute approximate surface area is 122 Å². The fraction of sp³-hybridized carbons (Fsp3) is 0.429. The van der Waals surface area contributed by atoms with Gasteiger partial charge in [-0.05, 0) is 49.2 Å². The van der Waals surface area contributed by atoms with Gasteiger partial charge in [-0.3, -0.25) is 4.79 Å². The van der Waals surface area contributed by atoms with Gasteiger partial charge in [-0.1, -0.05) is 12.1 Å². The number of nitrogens with zero attached hydrogens (tertiary/aromatic N) is 3. The standard InChI is InChI=1S/C14H18N6O/c21-13(8-10-4-6-15-7-5-10)16-12-3-1-2-11(9-12)14-17-19-20-18-14/h1-3,9-10,15H,4-8H2,(H,16,21)(H,17,18,19,20). The maximum atomic E-state index is 12.1. The number of benzene rings is 1. The van der Waals surface area contributed by atoms with Gasteiger partial charge < -0.3 is 10.6 Å². The first-order chi connectivity index (χ1) is 10.3. The molecule has 1 aliphatic heterocycles. The zero-order chi connectivity index (χ0) is 14.5. The number of carbonyl (C=O) groups excluding carboxylic acids is 1. The lowest BCUT2D eigenvalue weighted by atomic mass is 9.94. The van der Waals surface area contributed by atoms with Gasteiger partial charge in [0.2, 0.25) is 11.7 Å². The number of hydrogen-bond acceptors (Lipinski definition) is 5. The van der Waals surface area contributed by atoms with Crippen molar-refractivity contribution < 1.29 is 4.79 Å². The predicted molar refractivity (Wildman–Crippen MR) is 78.5 cm³/mol. The first kappa shape index (κ1) is 13.7. The molecule has 1 amide bonds. The fourth-order valence-corrected chi connectivity index (χ4v) is 2.58. The number of carbonyl (C=O) groups is 1. The molecule has 2 heterocycles. The van der Waals surface area contributed by atoms with Gasteiger partial charge in [0.25, 0.3) is 0 Å². The minimum Gasteiger partial charge on any atom is -0.326 e. The second-order valence-corrected chi connectivity index (χ2v) is 5.26. The third-order valence-electron chi connectivity index (χ3n) is 3.68. The minimum atomic E-state index is 0.0622. The molecule has 1 aromatic heterocycles. The Hall–Kier alpha value is -2.28. The Balaban J connectivity index is 1.62. The van der Waals surface area contributed by atoms with E-state index in [0.29, 0.717) is 18.2 Å². The number of aromatic amines is 1. The first-order valence-corrected chi connectivity index (χ1v) is 7.16. The fourth-order valence-electron chi connectivity index (χ4n) is 2.58. The van der Waals surface area contributed by atoms with E-state index in [1.165, 1.54) is 0 Å². The summed E-state index contributed by atoms with van der Waals surface area (Å²) in [5.74, 6) is 1.06. The molecule has 0 spiro atoms. The van der Waals surface area contributed by atoms with Crippen LogP contribution >= 0.6 is 0 Å². The van der Waals surface area contributed by atoms with Crippen LogP contribution in [-0.2, 0) is 4.79 Å². The Bertz CT molecular complexity index is 591. The molecule has 0 radical (unpaired) electrons. The van der Waals surface area contributed by atoms with Crippen LogP contribution in [0.2, 0.25) is 0 Å². The molecule has 1 aromatic carbocycles. The molecule has 0 atom stereocenters. The van der Waals surface area contributed by atoms with Crippen LogP contribution in [0.4, 0.5) is 5.69 Å². The molecule has 0 saturated carbocycles. The van der Waals surface area contributed by atoms with E-state index in [1.807, 2.05) is 24.3 Å². The summed E-state index contributed by atoms with van der Waals surface area (Å²) >= 11 is 0. The summed E-state index contributed by atoms with van der Waals surface area (Å²) in [4.78, 5) is 12.1. The molecular formula is C14H18N6O. The van der Waals surface area contributed by atoms with Gasteiger partial charge in [-0.15, -0.1) is 10.2 Å². The van der Waals surface area contributed by atoms with Crippen LogP contribution in [0.1, 0.15) is 19.3 Å². The molecule has 1 fully saturated rings. The van der Waals surface area contributed by atoms with Crippen molar-refractivity contribution in [1.29, 1.82) is 0 Å². The summed E-state index contributed by atoms with van der Waals surface area (Å²) in [5.41, 5.74) is 1.58. The topological polar surface area (TPSA) is 95.6 Å². The monoisotopic (exact) mass is 286 g/mol. The minimum absolute atomic E-state index is 0.0622. The first-order valence-electron chi connectivity index (χ1n) is 7.16. The molecule has 3 rings (SSSR count). The number of amides is 1. The normalized spacial score (nSPS) is 15.8. The summed E-state index contributed by atoms with van der Waals surface area (Å²) in [6, 6.07) is 7.47. The third kappa shape index (κ3) is 3.63. The molecule has 0 unspecified atom stereocenters. The zero-order valence-corrected chi connectivity index (χ0v) is 11.7. The lowest BCUT2D eigenvalue weighted by Gasteiger charge is -2.21. The Morgan fingerprint density at radius 3 is 2.95 bits per heavy atom. The molecule has 110 valence electrons. The predicted octanol–water partition coefficient (Wildman–Crippen LogP) is 1.19. The van der Waals surface area contributed by atoms with E-state index in [1.54, 1.807) is 0 Å². The van der Waals surface area contributed by atoms with Crippen molar-refractivity contribution in [3.8, 4) is 11.4 Å². The SMILES string of the molecule is O=C(CC1CCNCC1)Nc1cccc(-c2nn[nH]n2)c1. The molecule has 3 N–H and O–H groups in total. The Morgan fingerprint density at radius 2 is 2.19 bits per heavy atom. The molecular weight excluding hydrogens is 268 g/mol. The van der Waals surface area contributed by atoms with Gasteiger partial charge in [-0.25, -0.2) is 0 Å². The van der Waals surface area contributed by atoms with Crippen molar-refractivity contribution in [2.24, 2.45) is 5.92 Å². The van der Waals surface area contributed by atoms with Crippen molar-refractivity contribution in [1.82, 2.24) is 25.9 Å². The van der Waals surface area contributed by atoms with Gasteiger partial charge >= 0.3 is 0 Å². The van der Waals surface area contributed by atoms with Crippen molar-refractivity contribution >= 4 is 11.6 Å². The highest BCUT2D eigenvalue weighted by Gasteiger charge is 2.17. The molecule has 2 aromatic rings. The quantitative estimate of drug-likeness (QED) is 0.784. The number of aromatic nitrogens is 4. The number of anilines is 1. The van der Waals surface area contributed by atoms with Gasteiger partial charge in [0, 0.05) is 17.7 Å². The highest BCUT2D eigenvalue weighted by Crippen LogP contribution is 2.20. The summed E-state index contributed by atoms with van der Waals surface area (Å²) in [6.45, 7) is 2.01. The molecule has 0 aliphatic carbocycles. The third-order valence-corrected chi connectivity index (χ3v) is 3.68. The highest BCUT2D eigenvalue weighted by atomic mass is 16.1. The largest absolute Gasteiger partial charge is 0.326 e. The summed E-state index contributed by atoms with van der Waals surface area (Å²) < 4.78 is 0. The van der Waals surface area contributed by atoms with Gasteiger partial charge in [0.1, 0.15) is 0 Å². The van der Waals surface area contributed by atoms with Crippen LogP contribution in [-0.4, -0.2) is 39.6 Å². The van der Waals surface area contributed by atoms with E-state index < -0.39 is 0 Å². The van der Waals surface area contributed by atoms with Crippen LogP contribution in [0, 0.1) is 5.92 Å². The van der Waals surface area contributed by atoms with E-state index in [9.17, 15) is 4.79 Å². The van der Waals surface area contributed by atoms with Crippen LogP contribution in [0.5, 0.6) is 0 Å². The van der Waals surface area contributed by atoms with Crippen LogP contribution in [0.15, 0.2) is 24.3 Å². The van der Waals surface area contributed by atoms with Crippen molar-refractivity contribution in [2.45, 2.75) is 19.3 Å². The number of nitrogens with one attached hydrogen (secondary N) is 3. The zero-order valence-electron chi connectivity index (χ0n) is 11.7. The van der Waals surface area contributed by atoms with E-state index in [2.05, 4.69) is 31.3 Å². The summed E-state index contributed by atoms with van der Waals surface area (Å²) in [5, 5.41) is 20.1. The number of H-pyrrole nitrogens is 1. The average Bonchev–Trinajstić information content (AvgIpc) is 3.02. The molecule has 0 bridgehead atoms. The van der Waals surface area contributed by atoms with E-state index in [-0.39, 0.29) is 5.91 Å². The van der Waals surface area contributed by atoms with Crippen LogP contribution < -0.4 is 10.6 Å². The van der Waals surface area contributed by atoms with Gasteiger partial charge in [-0.2, -0.15) is 5.21 Å².